The van der Waals surface area contributed by atoms with E-state index in [1.54, 1.807) is 12.4 Å². The number of pyridine rings is 2. The maximum Gasteiger partial charge on any atom is 0.153 e. The van der Waals surface area contributed by atoms with Crippen LogP contribution in [0.4, 0.5) is 11.5 Å². The fourth-order valence-electron chi connectivity index (χ4n) is 3.36. The second-order valence-corrected chi connectivity index (χ2v) is 6.79. The van der Waals surface area contributed by atoms with E-state index in [0.717, 1.165) is 47.8 Å². The quantitative estimate of drug-likeness (QED) is 0.661. The van der Waals surface area contributed by atoms with Crippen molar-refractivity contribution in [1.82, 2.24) is 9.97 Å². The number of hydrogen-bond acceptors (Lipinski definition) is 6. The molecule has 1 aliphatic heterocycles. The Kier molecular flexibility index (Phi) is 5.19. The molecule has 1 aromatic carbocycles. The number of fused-ring (bicyclic) bond motifs is 1. The molecular formula is C22H22N4O2. The highest BCUT2D eigenvalue weighted by molar-refractivity contribution is 5.75. The lowest BCUT2D eigenvalue weighted by Crippen LogP contribution is -2.33. The number of nitrogens with zero attached hydrogens (tertiary/aromatic N) is 3. The van der Waals surface area contributed by atoms with Crippen LogP contribution in [0.15, 0.2) is 61.1 Å². The molecule has 0 saturated carbocycles. The molecule has 1 atom stereocenters. The van der Waals surface area contributed by atoms with Gasteiger partial charge in [-0.15, -0.1) is 0 Å². The Hall–Kier alpha value is -3.41. The molecule has 1 aliphatic rings. The molecule has 3 aromatic rings. The largest absolute Gasteiger partial charge is 0.489 e. The number of anilines is 2. The predicted molar refractivity (Wildman–Crippen MR) is 109 cm³/mol. The van der Waals surface area contributed by atoms with Crippen molar-refractivity contribution in [2.24, 2.45) is 0 Å². The number of hydrogen-bond donors (Lipinski definition) is 1. The first-order valence-electron chi connectivity index (χ1n) is 9.32. The van der Waals surface area contributed by atoms with Crippen LogP contribution in [0, 0.1) is 0 Å². The molecule has 0 radical (unpaired) electrons. The van der Waals surface area contributed by atoms with Crippen LogP contribution < -0.4 is 15.0 Å². The number of carbonyl (C=O) groups excluding carboxylic acids is 1. The zero-order valence-corrected chi connectivity index (χ0v) is 15.7. The third-order valence-corrected chi connectivity index (χ3v) is 4.84. The van der Waals surface area contributed by atoms with Gasteiger partial charge in [0.15, 0.2) is 5.82 Å². The Morgan fingerprint density at radius 3 is 2.82 bits per heavy atom. The lowest BCUT2D eigenvalue weighted by Gasteiger charge is -2.33. The van der Waals surface area contributed by atoms with Crippen molar-refractivity contribution in [3.05, 3.63) is 77.7 Å². The van der Waals surface area contributed by atoms with Crippen LogP contribution in [-0.4, -0.2) is 29.4 Å². The van der Waals surface area contributed by atoms with Crippen LogP contribution in [0.3, 0.4) is 0 Å². The lowest BCUT2D eigenvalue weighted by atomic mass is 10.1. The summed E-state index contributed by atoms with van der Waals surface area (Å²) in [6, 6.07) is 13.5. The van der Waals surface area contributed by atoms with E-state index in [0.29, 0.717) is 12.2 Å². The highest BCUT2D eigenvalue weighted by Crippen LogP contribution is 2.39. The first-order chi connectivity index (χ1) is 13.7. The van der Waals surface area contributed by atoms with E-state index in [1.165, 1.54) is 0 Å². The Balaban J connectivity index is 1.60. The van der Waals surface area contributed by atoms with E-state index >= 15 is 0 Å². The van der Waals surface area contributed by atoms with Gasteiger partial charge in [0.1, 0.15) is 24.3 Å². The van der Waals surface area contributed by atoms with Gasteiger partial charge in [-0.1, -0.05) is 30.3 Å². The minimum absolute atomic E-state index is 0.0295. The minimum atomic E-state index is 0.0295. The molecule has 0 fully saturated rings. The third-order valence-electron chi connectivity index (χ3n) is 4.84. The Morgan fingerprint density at radius 1 is 1.21 bits per heavy atom. The molecule has 6 nitrogen and oxygen atoms in total. The van der Waals surface area contributed by atoms with Gasteiger partial charge in [-0.2, -0.15) is 0 Å². The fraction of sp³-hybridized carbons (Fsp3) is 0.227. The summed E-state index contributed by atoms with van der Waals surface area (Å²) in [5.74, 6) is 1.61. The highest BCUT2D eigenvalue weighted by atomic mass is 16.5. The summed E-state index contributed by atoms with van der Waals surface area (Å²) in [6.45, 7) is 4.24. The van der Waals surface area contributed by atoms with E-state index < -0.39 is 0 Å². The zero-order chi connectivity index (χ0) is 19.3. The molecule has 3 heterocycles. The maximum absolute atomic E-state index is 10.9. The van der Waals surface area contributed by atoms with Gasteiger partial charge in [0.2, 0.25) is 0 Å². The number of carbonyl (C=O) groups is 1. The van der Waals surface area contributed by atoms with Gasteiger partial charge in [-0.25, -0.2) is 4.98 Å². The Bertz CT molecular complexity index is 945. The molecule has 4 rings (SSSR count). The molecule has 0 bridgehead atoms. The Morgan fingerprint density at radius 2 is 2.07 bits per heavy atom. The molecule has 1 unspecified atom stereocenters. The standard InChI is InChI=1S/C22H22N4O2/c1-16(19-6-4-17(15-27)5-7-19)25-22-21-20(8-10-24-22)28-12-11-26(21)14-18-3-2-9-23-13-18/h2-10,13,15-16H,11-12,14H2,1H3,(H,24,25). The molecule has 142 valence electrons. The van der Waals surface area contributed by atoms with Crippen molar-refractivity contribution >= 4 is 17.8 Å². The molecule has 2 aromatic heterocycles. The molecule has 0 saturated heterocycles. The smallest absolute Gasteiger partial charge is 0.153 e. The summed E-state index contributed by atoms with van der Waals surface area (Å²) in [4.78, 5) is 21.9. The van der Waals surface area contributed by atoms with E-state index in [-0.39, 0.29) is 6.04 Å². The number of aldehydes is 1. The van der Waals surface area contributed by atoms with Gasteiger partial charge >= 0.3 is 0 Å². The molecule has 0 amide bonds. The van der Waals surface area contributed by atoms with Gasteiger partial charge in [0.25, 0.3) is 0 Å². The fourth-order valence-corrected chi connectivity index (χ4v) is 3.36. The molecule has 0 spiro atoms. The molecule has 6 heteroatoms. The Labute approximate surface area is 164 Å². The number of rotatable bonds is 6. The van der Waals surface area contributed by atoms with Crippen LogP contribution in [0.25, 0.3) is 0 Å². The number of ether oxygens (including phenoxy) is 1. The maximum atomic E-state index is 10.9. The summed E-state index contributed by atoms with van der Waals surface area (Å²) >= 11 is 0. The number of nitrogens with one attached hydrogen (secondary N) is 1. The summed E-state index contributed by atoms with van der Waals surface area (Å²) in [7, 11) is 0. The van der Waals surface area contributed by atoms with Crippen molar-refractivity contribution in [2.45, 2.75) is 19.5 Å². The summed E-state index contributed by atoms with van der Waals surface area (Å²) in [5, 5.41) is 3.50. The van der Waals surface area contributed by atoms with Gasteiger partial charge in [0.05, 0.1) is 12.6 Å². The third kappa shape index (κ3) is 3.81. The summed E-state index contributed by atoms with van der Waals surface area (Å²) < 4.78 is 5.87. The number of benzene rings is 1. The summed E-state index contributed by atoms with van der Waals surface area (Å²) in [6.07, 6.45) is 6.28. The van der Waals surface area contributed by atoms with Crippen LogP contribution in [0.1, 0.15) is 34.5 Å². The van der Waals surface area contributed by atoms with E-state index in [9.17, 15) is 4.79 Å². The van der Waals surface area contributed by atoms with E-state index in [4.69, 9.17) is 4.74 Å². The first-order valence-corrected chi connectivity index (χ1v) is 9.32. The first kappa shape index (κ1) is 18.0. The van der Waals surface area contributed by atoms with Gasteiger partial charge in [0, 0.05) is 36.8 Å². The molecule has 0 aliphatic carbocycles. The minimum Gasteiger partial charge on any atom is -0.489 e. The molecule has 28 heavy (non-hydrogen) atoms. The van der Waals surface area contributed by atoms with E-state index in [1.807, 2.05) is 42.6 Å². The van der Waals surface area contributed by atoms with Crippen molar-refractivity contribution in [3.8, 4) is 5.75 Å². The van der Waals surface area contributed by atoms with Crippen LogP contribution in [0.5, 0.6) is 5.75 Å². The van der Waals surface area contributed by atoms with Crippen LogP contribution in [0.2, 0.25) is 0 Å². The van der Waals surface area contributed by atoms with Crippen molar-refractivity contribution < 1.29 is 9.53 Å². The van der Waals surface area contributed by atoms with Gasteiger partial charge < -0.3 is 15.0 Å². The number of aromatic nitrogens is 2. The van der Waals surface area contributed by atoms with Gasteiger partial charge in [-0.3, -0.25) is 9.78 Å². The molecular weight excluding hydrogens is 352 g/mol. The van der Waals surface area contributed by atoms with Crippen LogP contribution >= 0.6 is 0 Å². The average molecular weight is 374 g/mol. The zero-order valence-electron chi connectivity index (χ0n) is 15.7. The topological polar surface area (TPSA) is 67.3 Å². The van der Waals surface area contributed by atoms with Crippen molar-refractivity contribution in [1.29, 1.82) is 0 Å². The SMILES string of the molecule is CC(Nc1nccc2c1N(Cc1cccnc1)CCO2)c1ccc(C=O)cc1. The average Bonchev–Trinajstić information content (AvgIpc) is 2.75. The lowest BCUT2D eigenvalue weighted by molar-refractivity contribution is 0.112. The summed E-state index contributed by atoms with van der Waals surface area (Å²) in [5.41, 5.74) is 3.86. The van der Waals surface area contributed by atoms with Gasteiger partial charge in [-0.05, 0) is 24.1 Å². The molecule has 1 N–H and O–H groups in total. The van der Waals surface area contributed by atoms with Crippen molar-refractivity contribution in [2.75, 3.05) is 23.4 Å². The van der Waals surface area contributed by atoms with Crippen LogP contribution in [-0.2, 0) is 6.54 Å². The van der Waals surface area contributed by atoms with E-state index in [2.05, 4.69) is 33.2 Å². The second-order valence-electron chi connectivity index (χ2n) is 6.79. The van der Waals surface area contributed by atoms with Crippen molar-refractivity contribution in [3.63, 3.8) is 0 Å². The monoisotopic (exact) mass is 374 g/mol. The normalized spacial score (nSPS) is 14.0. The highest BCUT2D eigenvalue weighted by Gasteiger charge is 2.24. The second kappa shape index (κ2) is 8.08. The predicted octanol–water partition coefficient (Wildman–Crippen LogP) is 3.86.